The first kappa shape index (κ1) is 73.9. The highest BCUT2D eigenvalue weighted by atomic mass is 16.7. The first-order valence-corrected chi connectivity index (χ1v) is 33.3. The highest BCUT2D eigenvalue weighted by Crippen LogP contribution is 2.26. The van der Waals surface area contributed by atoms with Gasteiger partial charge in [-0.15, -0.1) is 0 Å². The van der Waals surface area contributed by atoms with E-state index < -0.39 is 67.4 Å². The third kappa shape index (κ3) is 42.7. The summed E-state index contributed by atoms with van der Waals surface area (Å²) < 4.78 is 17.6. The molecule has 8 unspecified atom stereocenters. The van der Waals surface area contributed by atoms with Crippen LogP contribution in [0.25, 0.3) is 0 Å². The summed E-state index contributed by atoms with van der Waals surface area (Å²) in [7, 11) is 0. The maximum atomic E-state index is 13.4. The second kappa shape index (κ2) is 55.4. The van der Waals surface area contributed by atoms with Crippen LogP contribution in [0, 0.1) is 0 Å². The average molecular weight is 1100 g/mol. The lowest BCUT2D eigenvalue weighted by atomic mass is 9.99. The molecule has 6 N–H and O–H groups in total. The number of ether oxygens (including phenoxy) is 3. The Bertz CT molecular complexity index is 1410. The van der Waals surface area contributed by atoms with E-state index in [4.69, 9.17) is 14.2 Å². The summed E-state index contributed by atoms with van der Waals surface area (Å²) in [5.74, 6) is -1.19. The number of allylic oxidation sites excluding steroid dienone is 5. The van der Waals surface area contributed by atoms with Crippen LogP contribution in [0.1, 0.15) is 316 Å². The van der Waals surface area contributed by atoms with Crippen LogP contribution in [-0.4, -0.2) is 99.6 Å². The molecule has 1 fully saturated rings. The minimum atomic E-state index is -1.61. The average Bonchev–Trinajstić information content (AvgIpc) is 3.44. The Balaban J connectivity index is 2.54. The van der Waals surface area contributed by atoms with E-state index in [2.05, 4.69) is 50.4 Å². The highest BCUT2D eigenvalue weighted by Gasteiger charge is 2.47. The van der Waals surface area contributed by atoms with Crippen LogP contribution >= 0.6 is 0 Å². The lowest BCUT2D eigenvalue weighted by Gasteiger charge is -2.41. The van der Waals surface area contributed by atoms with Crippen molar-refractivity contribution < 1.29 is 49.3 Å². The Labute approximate surface area is 479 Å². The van der Waals surface area contributed by atoms with E-state index in [0.717, 1.165) is 89.9 Å². The Morgan fingerprint density at radius 1 is 0.513 bits per heavy atom. The van der Waals surface area contributed by atoms with Gasteiger partial charge in [0.05, 0.1) is 25.4 Å². The second-order valence-electron chi connectivity index (χ2n) is 23.2. The first-order chi connectivity index (χ1) is 38.2. The van der Waals surface area contributed by atoms with Gasteiger partial charge >= 0.3 is 5.97 Å². The Hall–Kier alpha value is -2.12. The molecule has 11 nitrogen and oxygen atoms in total. The zero-order chi connectivity index (χ0) is 56.8. The standard InChI is InChI=1S/C67H125NO10/c1-4-7-10-13-16-19-22-24-25-26-27-28-29-30-31-32-33-34-35-37-40-43-46-49-52-55-62(72)78-65-64(74)63(73)61(56-69)77-67(65)76-57-58(59(70)53-50-47-44-41-38-21-18-15-12-9-6-3)68-66(75)60(71)54-51-48-45-42-39-36-23-20-17-14-11-8-5-2/h8,11,17,20,50,53,58-61,63-65,67,69-71,73-74H,4-7,9-10,12-16,18-19,21-49,51-52,54-57H2,1-3H3,(H,68,75)/b11-8+,20-17+,53-50+. The fourth-order valence-corrected chi connectivity index (χ4v) is 10.6. The molecular formula is C67H125NO10. The Morgan fingerprint density at radius 3 is 1.37 bits per heavy atom. The molecule has 0 aromatic carbocycles. The smallest absolute Gasteiger partial charge is 0.306 e. The highest BCUT2D eigenvalue weighted by molar-refractivity contribution is 5.80. The van der Waals surface area contributed by atoms with Gasteiger partial charge in [-0.1, -0.05) is 295 Å². The van der Waals surface area contributed by atoms with Crippen molar-refractivity contribution >= 4 is 11.9 Å². The van der Waals surface area contributed by atoms with Crippen molar-refractivity contribution in [3.63, 3.8) is 0 Å². The van der Waals surface area contributed by atoms with Gasteiger partial charge in [0.2, 0.25) is 5.91 Å². The van der Waals surface area contributed by atoms with Crippen LogP contribution in [0.2, 0.25) is 0 Å². The Morgan fingerprint density at radius 2 is 0.923 bits per heavy atom. The Kier molecular flexibility index (Phi) is 52.5. The number of esters is 1. The van der Waals surface area contributed by atoms with E-state index in [1.807, 2.05) is 6.08 Å². The van der Waals surface area contributed by atoms with E-state index in [0.29, 0.717) is 12.8 Å². The van der Waals surface area contributed by atoms with E-state index in [1.54, 1.807) is 6.08 Å². The van der Waals surface area contributed by atoms with Gasteiger partial charge in [-0.3, -0.25) is 9.59 Å². The van der Waals surface area contributed by atoms with Gasteiger partial charge in [0.1, 0.15) is 24.4 Å². The number of hydrogen-bond acceptors (Lipinski definition) is 10. The number of aliphatic hydroxyl groups is 5. The number of carbonyl (C=O) groups excluding carboxylic acids is 2. The second-order valence-corrected chi connectivity index (χ2v) is 23.2. The molecule has 0 spiro atoms. The van der Waals surface area contributed by atoms with Crippen LogP contribution in [0.3, 0.4) is 0 Å². The molecule has 0 aromatic rings. The van der Waals surface area contributed by atoms with Gasteiger partial charge in [0.15, 0.2) is 12.4 Å². The van der Waals surface area contributed by atoms with E-state index >= 15 is 0 Å². The summed E-state index contributed by atoms with van der Waals surface area (Å²) in [6, 6.07) is -1.02. The number of aliphatic hydroxyl groups excluding tert-OH is 5. The first-order valence-electron chi connectivity index (χ1n) is 33.3. The topological polar surface area (TPSA) is 175 Å². The van der Waals surface area contributed by atoms with Gasteiger partial charge in [0.25, 0.3) is 0 Å². The minimum absolute atomic E-state index is 0.128. The van der Waals surface area contributed by atoms with E-state index in [9.17, 15) is 35.1 Å². The molecule has 0 radical (unpaired) electrons. The van der Waals surface area contributed by atoms with E-state index in [1.165, 1.54) is 180 Å². The van der Waals surface area contributed by atoms with Gasteiger partial charge in [-0.2, -0.15) is 0 Å². The fourth-order valence-electron chi connectivity index (χ4n) is 10.6. The fraction of sp³-hybridized carbons (Fsp3) is 0.881. The molecule has 8 atom stereocenters. The lowest BCUT2D eigenvalue weighted by molar-refractivity contribution is -0.305. The molecule has 1 aliphatic heterocycles. The molecule has 1 saturated heterocycles. The molecule has 1 amide bonds. The quantitative estimate of drug-likeness (QED) is 0.0195. The van der Waals surface area contributed by atoms with Crippen molar-refractivity contribution in [1.29, 1.82) is 0 Å². The van der Waals surface area contributed by atoms with Gasteiger partial charge in [-0.25, -0.2) is 0 Å². The molecule has 0 saturated carbocycles. The zero-order valence-electron chi connectivity index (χ0n) is 50.8. The predicted molar refractivity (Wildman–Crippen MR) is 324 cm³/mol. The van der Waals surface area contributed by atoms with Gasteiger partial charge in [0, 0.05) is 6.42 Å². The van der Waals surface area contributed by atoms with Crippen LogP contribution in [0.4, 0.5) is 0 Å². The van der Waals surface area contributed by atoms with Crippen LogP contribution in [0.15, 0.2) is 36.5 Å². The third-order valence-corrected chi connectivity index (χ3v) is 15.8. The molecule has 0 aliphatic carbocycles. The van der Waals surface area contributed by atoms with Crippen molar-refractivity contribution in [1.82, 2.24) is 5.32 Å². The zero-order valence-corrected chi connectivity index (χ0v) is 50.8. The van der Waals surface area contributed by atoms with Crippen LogP contribution in [0.5, 0.6) is 0 Å². The molecule has 458 valence electrons. The van der Waals surface area contributed by atoms with Crippen molar-refractivity contribution in [2.24, 2.45) is 0 Å². The number of amides is 1. The maximum absolute atomic E-state index is 13.4. The number of unbranched alkanes of at least 4 members (excludes halogenated alkanes) is 39. The summed E-state index contributed by atoms with van der Waals surface area (Å²) >= 11 is 0. The summed E-state index contributed by atoms with van der Waals surface area (Å²) in [6.45, 7) is 5.70. The molecule has 1 aliphatic rings. The number of carbonyl (C=O) groups is 2. The normalized spacial score (nSPS) is 19.1. The minimum Gasteiger partial charge on any atom is -0.454 e. The van der Waals surface area contributed by atoms with Crippen LogP contribution < -0.4 is 5.32 Å². The predicted octanol–water partition coefficient (Wildman–Crippen LogP) is 16.2. The molecule has 1 rings (SSSR count). The molecule has 78 heavy (non-hydrogen) atoms. The van der Waals surface area contributed by atoms with Crippen molar-refractivity contribution in [2.75, 3.05) is 13.2 Å². The number of nitrogens with one attached hydrogen (secondary N) is 1. The molecule has 0 bridgehead atoms. The van der Waals surface area contributed by atoms with Crippen LogP contribution in [-0.2, 0) is 23.8 Å². The van der Waals surface area contributed by atoms with E-state index in [-0.39, 0.29) is 19.4 Å². The molecule has 11 heteroatoms. The van der Waals surface area contributed by atoms with Crippen molar-refractivity contribution in [3.8, 4) is 0 Å². The van der Waals surface area contributed by atoms with Gasteiger partial charge < -0.3 is 45.1 Å². The number of hydrogen-bond donors (Lipinski definition) is 6. The largest absolute Gasteiger partial charge is 0.454 e. The summed E-state index contributed by atoms with van der Waals surface area (Å²) in [6.07, 6.45) is 56.4. The summed E-state index contributed by atoms with van der Waals surface area (Å²) in [5.41, 5.74) is 0. The van der Waals surface area contributed by atoms with Crippen molar-refractivity contribution in [2.45, 2.75) is 365 Å². The van der Waals surface area contributed by atoms with Crippen molar-refractivity contribution in [3.05, 3.63) is 36.5 Å². The monoisotopic (exact) mass is 1100 g/mol. The molecule has 0 aromatic heterocycles. The third-order valence-electron chi connectivity index (χ3n) is 15.8. The molecular weight excluding hydrogens is 979 g/mol. The molecule has 1 heterocycles. The number of rotatable bonds is 57. The summed E-state index contributed by atoms with van der Waals surface area (Å²) in [5, 5.41) is 57.0. The lowest BCUT2D eigenvalue weighted by Crippen LogP contribution is -2.61. The summed E-state index contributed by atoms with van der Waals surface area (Å²) in [4.78, 5) is 26.5. The maximum Gasteiger partial charge on any atom is 0.306 e. The SMILES string of the molecule is CC/C=C/C/C=C/CCCCCCCCC(O)C(=O)NC(COC1OC(CO)C(O)C(O)C1OC(=O)CCCCCCCCCCCCCCCCCCCCCCCCCCC)C(O)/C=C/CCCCCCCCCCC. The van der Waals surface area contributed by atoms with Gasteiger partial charge in [-0.05, 0) is 51.4 Å².